The van der Waals surface area contributed by atoms with Gasteiger partial charge in [0.1, 0.15) is 0 Å². The minimum absolute atomic E-state index is 0.148. The number of hydrogen-bond acceptors (Lipinski definition) is 3. The summed E-state index contributed by atoms with van der Waals surface area (Å²) in [5, 5.41) is 0. The molecule has 0 radical (unpaired) electrons. The Morgan fingerprint density at radius 1 is 1.32 bits per heavy atom. The molecule has 104 valence electrons. The average Bonchev–Trinajstić information content (AvgIpc) is 2.39. The fraction of sp³-hybridized carbons (Fsp3) is 0.438. The van der Waals surface area contributed by atoms with Crippen LogP contribution in [-0.2, 0) is 20.9 Å². The number of ether oxygens (including phenoxy) is 2. The molecule has 0 saturated heterocycles. The van der Waals surface area contributed by atoms with Crippen molar-refractivity contribution in [2.24, 2.45) is 5.92 Å². The van der Waals surface area contributed by atoms with Crippen LogP contribution in [0.2, 0.25) is 0 Å². The zero-order valence-electron chi connectivity index (χ0n) is 11.7. The lowest BCUT2D eigenvalue weighted by atomic mass is 10.1. The van der Waals surface area contributed by atoms with Crippen LogP contribution < -0.4 is 0 Å². The quantitative estimate of drug-likeness (QED) is 0.409. The highest BCUT2D eigenvalue weighted by Crippen LogP contribution is 2.05. The molecule has 0 aliphatic carbocycles. The van der Waals surface area contributed by atoms with Crippen LogP contribution in [0, 0.1) is 5.92 Å². The summed E-state index contributed by atoms with van der Waals surface area (Å²) >= 11 is 0. The Morgan fingerprint density at radius 2 is 2.05 bits per heavy atom. The summed E-state index contributed by atoms with van der Waals surface area (Å²) in [6, 6.07) is 10.0. The fourth-order valence-electron chi connectivity index (χ4n) is 1.66. The molecule has 0 fully saturated rings. The average molecular weight is 262 g/mol. The number of hydrogen-bond donors (Lipinski definition) is 0. The molecular formula is C16H22O3. The van der Waals surface area contributed by atoms with Gasteiger partial charge >= 0.3 is 5.97 Å². The van der Waals surface area contributed by atoms with Crippen molar-refractivity contribution in [2.45, 2.75) is 26.9 Å². The van der Waals surface area contributed by atoms with E-state index in [9.17, 15) is 4.79 Å². The van der Waals surface area contributed by atoms with Crippen LogP contribution in [0.1, 0.15) is 25.8 Å². The van der Waals surface area contributed by atoms with E-state index in [2.05, 4.69) is 0 Å². The Morgan fingerprint density at radius 3 is 2.74 bits per heavy atom. The van der Waals surface area contributed by atoms with Crippen molar-refractivity contribution in [1.29, 1.82) is 0 Å². The Balaban J connectivity index is 2.14. The maximum atomic E-state index is 11.2. The largest absolute Gasteiger partial charge is 0.466 e. The first-order valence-electron chi connectivity index (χ1n) is 6.66. The summed E-state index contributed by atoms with van der Waals surface area (Å²) in [6.07, 6.45) is 4.36. The molecule has 0 amide bonds. The van der Waals surface area contributed by atoms with E-state index in [4.69, 9.17) is 9.47 Å². The van der Waals surface area contributed by atoms with Crippen molar-refractivity contribution in [2.75, 3.05) is 13.2 Å². The van der Waals surface area contributed by atoms with E-state index < -0.39 is 0 Å². The number of carbonyl (C=O) groups is 1. The molecule has 3 heteroatoms. The molecule has 0 saturated carbocycles. The first-order chi connectivity index (χ1) is 9.22. The van der Waals surface area contributed by atoms with Gasteiger partial charge in [-0.3, -0.25) is 4.79 Å². The molecule has 0 aliphatic heterocycles. The maximum absolute atomic E-state index is 11.2. The molecule has 1 aromatic carbocycles. The van der Waals surface area contributed by atoms with Gasteiger partial charge in [-0.05, 0) is 18.4 Å². The molecule has 3 nitrogen and oxygen atoms in total. The van der Waals surface area contributed by atoms with E-state index in [1.54, 1.807) is 0 Å². The maximum Gasteiger partial charge on any atom is 0.306 e. The molecule has 1 rings (SSSR count). The summed E-state index contributed by atoms with van der Waals surface area (Å²) in [5.41, 5.74) is 1.16. The van der Waals surface area contributed by atoms with Gasteiger partial charge in [0.05, 0.1) is 26.2 Å². The van der Waals surface area contributed by atoms with Gasteiger partial charge in [0.25, 0.3) is 0 Å². The Labute approximate surface area is 115 Å². The molecule has 0 heterocycles. The van der Waals surface area contributed by atoms with Crippen molar-refractivity contribution >= 4 is 5.97 Å². The fourth-order valence-corrected chi connectivity index (χ4v) is 1.66. The lowest BCUT2D eigenvalue weighted by molar-refractivity contribution is -0.143. The first kappa shape index (κ1) is 15.4. The van der Waals surface area contributed by atoms with Gasteiger partial charge < -0.3 is 9.47 Å². The van der Waals surface area contributed by atoms with Gasteiger partial charge in [0.15, 0.2) is 0 Å². The van der Waals surface area contributed by atoms with Crippen molar-refractivity contribution in [1.82, 2.24) is 0 Å². The molecule has 0 spiro atoms. The number of benzene rings is 1. The second-order valence-electron chi connectivity index (χ2n) is 4.42. The minimum atomic E-state index is -0.148. The third-order valence-corrected chi connectivity index (χ3v) is 2.58. The summed E-state index contributed by atoms with van der Waals surface area (Å²) in [6.45, 7) is 5.41. The normalized spacial score (nSPS) is 12.5. The summed E-state index contributed by atoms with van der Waals surface area (Å²) < 4.78 is 10.4. The van der Waals surface area contributed by atoms with E-state index in [1.165, 1.54) is 0 Å². The zero-order valence-corrected chi connectivity index (χ0v) is 11.7. The second kappa shape index (κ2) is 9.34. The molecule has 0 bridgehead atoms. The van der Waals surface area contributed by atoms with Gasteiger partial charge in [0.2, 0.25) is 0 Å². The molecule has 0 unspecified atom stereocenters. The van der Waals surface area contributed by atoms with Crippen molar-refractivity contribution in [3.8, 4) is 0 Å². The molecule has 0 aromatic heterocycles. The van der Waals surface area contributed by atoms with Crippen LogP contribution in [0.15, 0.2) is 42.5 Å². The Hall–Kier alpha value is -1.61. The molecular weight excluding hydrogens is 240 g/mol. The van der Waals surface area contributed by atoms with Crippen molar-refractivity contribution in [3.05, 3.63) is 48.0 Å². The standard InChI is InChI=1S/C16H22O3/c1-3-19-16(17)12-14(2)8-7-11-18-13-15-9-5-4-6-10-15/h4-10,14H,3,11-13H2,1-2H3/b8-7+/t14-/m1/s1. The summed E-state index contributed by atoms with van der Waals surface area (Å²) in [4.78, 5) is 11.2. The predicted molar refractivity (Wildman–Crippen MR) is 75.7 cm³/mol. The van der Waals surface area contributed by atoms with Crippen molar-refractivity contribution < 1.29 is 14.3 Å². The van der Waals surface area contributed by atoms with Gasteiger partial charge in [-0.25, -0.2) is 0 Å². The third kappa shape index (κ3) is 7.42. The van der Waals surface area contributed by atoms with Crippen molar-refractivity contribution in [3.63, 3.8) is 0 Å². The van der Waals surface area contributed by atoms with Gasteiger partial charge in [-0.2, -0.15) is 0 Å². The van der Waals surface area contributed by atoms with Gasteiger partial charge in [-0.1, -0.05) is 49.4 Å². The third-order valence-electron chi connectivity index (χ3n) is 2.58. The van der Waals surface area contributed by atoms with Crippen LogP contribution in [0.5, 0.6) is 0 Å². The van der Waals surface area contributed by atoms with E-state index in [-0.39, 0.29) is 11.9 Å². The highest BCUT2D eigenvalue weighted by molar-refractivity contribution is 5.69. The van der Waals surface area contributed by atoms with Crippen LogP contribution in [0.4, 0.5) is 0 Å². The molecule has 0 aliphatic rings. The minimum Gasteiger partial charge on any atom is -0.466 e. The van der Waals surface area contributed by atoms with Crippen LogP contribution >= 0.6 is 0 Å². The highest BCUT2D eigenvalue weighted by atomic mass is 16.5. The van der Waals surface area contributed by atoms with E-state index >= 15 is 0 Å². The first-order valence-corrected chi connectivity index (χ1v) is 6.66. The van der Waals surface area contributed by atoms with E-state index in [0.717, 1.165) is 5.56 Å². The summed E-state index contributed by atoms with van der Waals surface area (Å²) in [5.74, 6) is 0.0317. The molecule has 1 aromatic rings. The number of allylic oxidation sites excluding steroid dienone is 1. The van der Waals surface area contributed by atoms with E-state index in [0.29, 0.717) is 26.2 Å². The molecule has 0 N–H and O–H groups in total. The smallest absolute Gasteiger partial charge is 0.306 e. The summed E-state index contributed by atoms with van der Waals surface area (Å²) in [7, 11) is 0. The topological polar surface area (TPSA) is 35.5 Å². The monoisotopic (exact) mass is 262 g/mol. The Kier molecular flexibility index (Phi) is 7.59. The Bertz CT molecular complexity index is 384. The highest BCUT2D eigenvalue weighted by Gasteiger charge is 2.06. The molecule has 19 heavy (non-hydrogen) atoms. The van der Waals surface area contributed by atoms with Gasteiger partial charge in [-0.15, -0.1) is 0 Å². The second-order valence-corrected chi connectivity index (χ2v) is 4.42. The predicted octanol–water partition coefficient (Wildman–Crippen LogP) is 3.35. The SMILES string of the molecule is CCOC(=O)C[C@H](C)/C=C/COCc1ccccc1. The lowest BCUT2D eigenvalue weighted by Crippen LogP contribution is -2.07. The number of carbonyl (C=O) groups excluding carboxylic acids is 1. The zero-order chi connectivity index (χ0) is 13.9. The molecule has 1 atom stereocenters. The van der Waals surface area contributed by atoms with Crippen LogP contribution in [0.25, 0.3) is 0 Å². The van der Waals surface area contributed by atoms with Crippen LogP contribution in [-0.4, -0.2) is 19.2 Å². The number of esters is 1. The van der Waals surface area contributed by atoms with Crippen LogP contribution in [0.3, 0.4) is 0 Å². The van der Waals surface area contributed by atoms with Gasteiger partial charge in [0, 0.05) is 0 Å². The van der Waals surface area contributed by atoms with E-state index in [1.807, 2.05) is 56.3 Å². The lowest BCUT2D eigenvalue weighted by Gasteiger charge is -2.05. The number of rotatable bonds is 8.